The van der Waals surface area contributed by atoms with Gasteiger partial charge in [0, 0.05) is 5.25 Å². The topological polar surface area (TPSA) is 57.2 Å². The minimum Gasteiger partial charge on any atom is -0.748 e. The average Bonchev–Trinajstić information content (AvgIpc) is 2.20. The van der Waals surface area contributed by atoms with Crippen molar-refractivity contribution in [2.45, 2.75) is 70.0 Å². The van der Waals surface area contributed by atoms with Crippen LogP contribution in [-0.2, 0) is 10.1 Å². The standard InChI is InChI=1S/C12H25O3S.Na/c1-3-5-7-9-11-12(16(13,14)15)10-8-6-4-2;/h12H,2-11H2,1H3,(H,13,14,15);/q;+1/p-1. The molecule has 0 aliphatic heterocycles. The minimum atomic E-state index is -4.10. The first-order valence-electron chi connectivity index (χ1n) is 6.26. The van der Waals surface area contributed by atoms with E-state index < -0.39 is 15.4 Å². The fourth-order valence-electron chi connectivity index (χ4n) is 1.78. The Hall–Kier alpha value is 0.910. The normalized spacial score (nSPS) is 13.1. The maximum Gasteiger partial charge on any atom is 1.00 e. The summed E-state index contributed by atoms with van der Waals surface area (Å²) in [6.45, 7) is 5.81. The monoisotopic (exact) mass is 271 g/mol. The molecule has 0 heterocycles. The van der Waals surface area contributed by atoms with Gasteiger partial charge in [-0.3, -0.25) is 0 Å². The molecular formula is C12H24NaO3S. The van der Waals surface area contributed by atoms with Crippen LogP contribution < -0.4 is 29.6 Å². The van der Waals surface area contributed by atoms with Crippen LogP contribution in [0.1, 0.15) is 64.7 Å². The van der Waals surface area contributed by atoms with Gasteiger partial charge in [-0.25, -0.2) is 8.42 Å². The quantitative estimate of drug-likeness (QED) is 0.325. The zero-order valence-corrected chi connectivity index (χ0v) is 14.1. The average molecular weight is 271 g/mol. The Balaban J connectivity index is 0. The van der Waals surface area contributed by atoms with Crippen LogP contribution >= 0.6 is 0 Å². The molecule has 0 saturated carbocycles. The molecular weight excluding hydrogens is 247 g/mol. The molecule has 0 aromatic rings. The third-order valence-corrected chi connectivity index (χ3v) is 4.10. The van der Waals surface area contributed by atoms with Gasteiger partial charge in [0.25, 0.3) is 0 Å². The summed E-state index contributed by atoms with van der Waals surface area (Å²) in [7, 11) is -4.10. The van der Waals surface area contributed by atoms with E-state index in [1.807, 2.05) is 0 Å². The Morgan fingerprint density at radius 2 is 1.59 bits per heavy atom. The van der Waals surface area contributed by atoms with Crippen molar-refractivity contribution >= 4 is 10.1 Å². The van der Waals surface area contributed by atoms with E-state index in [1.54, 1.807) is 0 Å². The summed E-state index contributed by atoms with van der Waals surface area (Å²) >= 11 is 0. The molecule has 97 valence electrons. The van der Waals surface area contributed by atoms with Crippen LogP contribution in [0.25, 0.3) is 0 Å². The van der Waals surface area contributed by atoms with Gasteiger partial charge in [-0.05, 0) is 12.8 Å². The summed E-state index contributed by atoms with van der Waals surface area (Å²) in [6.07, 6.45) is 7.66. The van der Waals surface area contributed by atoms with Crippen molar-refractivity contribution in [3.05, 3.63) is 6.92 Å². The second kappa shape index (κ2) is 12.0. The van der Waals surface area contributed by atoms with Crippen molar-refractivity contribution in [2.24, 2.45) is 0 Å². The summed E-state index contributed by atoms with van der Waals surface area (Å²) in [4.78, 5) is 0. The molecule has 5 heteroatoms. The summed E-state index contributed by atoms with van der Waals surface area (Å²) in [5.41, 5.74) is 0. The van der Waals surface area contributed by atoms with Crippen LogP contribution in [-0.4, -0.2) is 18.2 Å². The Kier molecular flexibility index (Phi) is 14.2. The molecule has 3 nitrogen and oxygen atoms in total. The molecule has 0 fully saturated rings. The van der Waals surface area contributed by atoms with Gasteiger partial charge in [-0.2, -0.15) is 0 Å². The number of unbranched alkanes of at least 4 members (excludes halogenated alkanes) is 5. The van der Waals surface area contributed by atoms with E-state index in [2.05, 4.69) is 13.8 Å². The molecule has 17 heavy (non-hydrogen) atoms. The van der Waals surface area contributed by atoms with Crippen LogP contribution in [0.5, 0.6) is 0 Å². The van der Waals surface area contributed by atoms with Gasteiger partial charge in [-0.15, -0.1) is 0 Å². The molecule has 0 rings (SSSR count). The summed E-state index contributed by atoms with van der Waals surface area (Å²) in [5.74, 6) is 0. The fourth-order valence-corrected chi connectivity index (χ4v) is 2.69. The first-order chi connectivity index (χ1) is 7.52. The zero-order valence-electron chi connectivity index (χ0n) is 11.3. The van der Waals surface area contributed by atoms with E-state index in [4.69, 9.17) is 0 Å². The van der Waals surface area contributed by atoms with Gasteiger partial charge in [0.05, 0.1) is 10.1 Å². The van der Waals surface area contributed by atoms with E-state index in [9.17, 15) is 13.0 Å². The largest absolute Gasteiger partial charge is 1.00 e. The first-order valence-corrected chi connectivity index (χ1v) is 7.73. The Bertz CT molecular complexity index is 252. The molecule has 0 spiro atoms. The molecule has 1 radical (unpaired) electrons. The Morgan fingerprint density at radius 3 is 2.00 bits per heavy atom. The summed E-state index contributed by atoms with van der Waals surface area (Å²) in [5, 5.41) is -0.670. The maximum atomic E-state index is 11.0. The number of rotatable bonds is 10. The SMILES string of the molecule is [CH2]CCCCC(CCCCCC)S(=O)(=O)[O-].[Na+]. The third-order valence-electron chi connectivity index (χ3n) is 2.81. The smallest absolute Gasteiger partial charge is 0.748 e. The van der Waals surface area contributed by atoms with Crippen LogP contribution in [0.4, 0.5) is 0 Å². The third kappa shape index (κ3) is 11.7. The number of hydrogen-bond donors (Lipinski definition) is 0. The molecule has 0 amide bonds. The van der Waals surface area contributed by atoms with Gasteiger partial charge in [0.15, 0.2) is 0 Å². The molecule has 1 unspecified atom stereocenters. The van der Waals surface area contributed by atoms with Crippen molar-refractivity contribution < 1.29 is 42.5 Å². The molecule has 1 atom stereocenters. The minimum absolute atomic E-state index is 0. The molecule has 0 saturated heterocycles. The van der Waals surface area contributed by atoms with E-state index in [1.165, 1.54) is 0 Å². The van der Waals surface area contributed by atoms with Crippen molar-refractivity contribution in [3.63, 3.8) is 0 Å². The van der Waals surface area contributed by atoms with E-state index in [-0.39, 0.29) is 29.6 Å². The maximum absolute atomic E-state index is 11.0. The Labute approximate surface area is 129 Å². The van der Waals surface area contributed by atoms with E-state index in [0.717, 1.165) is 44.9 Å². The fraction of sp³-hybridized carbons (Fsp3) is 0.917. The molecule has 0 aliphatic carbocycles. The van der Waals surface area contributed by atoms with Crippen LogP contribution in [0.2, 0.25) is 0 Å². The van der Waals surface area contributed by atoms with E-state index >= 15 is 0 Å². The number of hydrogen-bond acceptors (Lipinski definition) is 3. The summed E-state index contributed by atoms with van der Waals surface area (Å²) < 4.78 is 33.1. The molecule has 0 bridgehead atoms. The van der Waals surface area contributed by atoms with Crippen molar-refractivity contribution in [1.29, 1.82) is 0 Å². The second-order valence-electron chi connectivity index (χ2n) is 4.31. The van der Waals surface area contributed by atoms with Crippen molar-refractivity contribution in [1.82, 2.24) is 0 Å². The molecule has 0 N–H and O–H groups in total. The second-order valence-corrected chi connectivity index (χ2v) is 5.97. The molecule has 0 aromatic carbocycles. The van der Waals surface area contributed by atoms with E-state index in [0.29, 0.717) is 12.8 Å². The van der Waals surface area contributed by atoms with Gasteiger partial charge < -0.3 is 4.55 Å². The van der Waals surface area contributed by atoms with Crippen molar-refractivity contribution in [3.8, 4) is 0 Å². The van der Waals surface area contributed by atoms with Gasteiger partial charge in [0.1, 0.15) is 0 Å². The molecule has 0 aromatic heterocycles. The first kappa shape index (κ1) is 20.2. The van der Waals surface area contributed by atoms with Gasteiger partial charge >= 0.3 is 29.6 Å². The zero-order chi connectivity index (χ0) is 12.4. The van der Waals surface area contributed by atoms with Gasteiger partial charge in [0.2, 0.25) is 0 Å². The molecule has 0 aliphatic rings. The predicted octanol–water partition coefficient (Wildman–Crippen LogP) is 0.269. The Morgan fingerprint density at radius 1 is 1.06 bits per heavy atom. The van der Waals surface area contributed by atoms with Crippen molar-refractivity contribution in [2.75, 3.05) is 0 Å². The van der Waals surface area contributed by atoms with Gasteiger partial charge in [-0.1, -0.05) is 58.8 Å². The predicted molar refractivity (Wildman–Crippen MR) is 66.1 cm³/mol. The van der Waals surface area contributed by atoms with Crippen LogP contribution in [0.15, 0.2) is 0 Å². The van der Waals surface area contributed by atoms with Crippen LogP contribution in [0, 0.1) is 6.92 Å². The van der Waals surface area contributed by atoms with Crippen LogP contribution in [0.3, 0.4) is 0 Å². The summed E-state index contributed by atoms with van der Waals surface area (Å²) in [6, 6.07) is 0.